The van der Waals surface area contributed by atoms with Gasteiger partial charge in [-0.2, -0.15) is 0 Å². The summed E-state index contributed by atoms with van der Waals surface area (Å²) in [5.41, 5.74) is 10.8. The van der Waals surface area contributed by atoms with Crippen LogP contribution in [0.1, 0.15) is 0 Å². The Bertz CT molecular complexity index is 3080. The third kappa shape index (κ3) is 3.90. The molecular weight excluding hydrogens is 609 g/mol. The molecule has 2 heterocycles. The number of rotatable bonds is 3. The van der Waals surface area contributed by atoms with E-state index in [4.69, 9.17) is 8.83 Å². The van der Waals surface area contributed by atoms with E-state index in [0.29, 0.717) is 0 Å². The maximum atomic E-state index is 6.57. The molecule has 0 unspecified atom stereocenters. The first-order valence-electron chi connectivity index (χ1n) is 17.1. The number of hydrogen-bond donors (Lipinski definition) is 0. The van der Waals surface area contributed by atoms with E-state index in [1.165, 1.54) is 49.2 Å². The summed E-state index contributed by atoms with van der Waals surface area (Å²) < 4.78 is 13.1. The molecule has 0 spiro atoms. The normalized spacial score (nSPS) is 12.0. The highest BCUT2D eigenvalue weighted by molar-refractivity contribution is 6.28. The molecule has 232 valence electrons. The molecule has 11 rings (SSSR count). The summed E-state index contributed by atoms with van der Waals surface area (Å²) in [5, 5.41) is 11.7. The Hall–Kier alpha value is -6.64. The minimum atomic E-state index is 0.866. The lowest BCUT2D eigenvalue weighted by Crippen LogP contribution is -1.91. The van der Waals surface area contributed by atoms with E-state index in [1.807, 2.05) is 12.1 Å². The maximum Gasteiger partial charge on any atom is 0.143 e. The van der Waals surface area contributed by atoms with Crippen LogP contribution in [-0.2, 0) is 0 Å². The molecule has 50 heavy (non-hydrogen) atoms. The third-order valence-electron chi connectivity index (χ3n) is 10.4. The molecule has 0 saturated heterocycles. The van der Waals surface area contributed by atoms with Gasteiger partial charge in [0.15, 0.2) is 0 Å². The molecule has 11 aromatic rings. The Morgan fingerprint density at radius 1 is 0.280 bits per heavy atom. The van der Waals surface area contributed by atoms with Crippen molar-refractivity contribution >= 4 is 76.2 Å². The van der Waals surface area contributed by atoms with Crippen LogP contribution in [0.2, 0.25) is 0 Å². The molecule has 0 radical (unpaired) electrons. The molecule has 0 N–H and O–H groups in total. The summed E-state index contributed by atoms with van der Waals surface area (Å²) in [4.78, 5) is 0. The van der Waals surface area contributed by atoms with Crippen molar-refractivity contribution in [2.24, 2.45) is 0 Å². The smallest absolute Gasteiger partial charge is 0.143 e. The fourth-order valence-electron chi connectivity index (χ4n) is 8.25. The fourth-order valence-corrected chi connectivity index (χ4v) is 8.25. The van der Waals surface area contributed by atoms with E-state index in [1.54, 1.807) is 0 Å². The van der Waals surface area contributed by atoms with Crippen LogP contribution in [0.15, 0.2) is 179 Å². The summed E-state index contributed by atoms with van der Waals surface area (Å²) >= 11 is 0. The summed E-state index contributed by atoms with van der Waals surface area (Å²) in [6.45, 7) is 0. The number of hydrogen-bond acceptors (Lipinski definition) is 2. The molecule has 0 aliphatic heterocycles. The van der Waals surface area contributed by atoms with E-state index in [-0.39, 0.29) is 0 Å². The summed E-state index contributed by atoms with van der Waals surface area (Å²) in [7, 11) is 0. The van der Waals surface area contributed by atoms with Gasteiger partial charge in [0.25, 0.3) is 0 Å². The van der Waals surface area contributed by atoms with Crippen LogP contribution in [0, 0.1) is 0 Å². The predicted octanol–water partition coefficient (Wildman–Crippen LogP) is 13.9. The standard InChI is InChI=1S/C48H28O2/c1-2-12-30(13-3-1)44-35-17-6-8-19-37(35)45(38-20-9-7-18-36(38)44)33-15-10-14-31(27-33)32-22-23-39-43(28-32)49-41-25-26-42-47(46(39)41)40-24-21-29-11-4-5-16-34(29)48(40)50-42/h1-28H. The minimum absolute atomic E-state index is 0.866. The van der Waals surface area contributed by atoms with Crippen LogP contribution in [0.3, 0.4) is 0 Å². The van der Waals surface area contributed by atoms with Gasteiger partial charge < -0.3 is 8.83 Å². The van der Waals surface area contributed by atoms with Gasteiger partial charge in [0.05, 0.1) is 0 Å². The van der Waals surface area contributed by atoms with Crippen molar-refractivity contribution in [3.8, 4) is 33.4 Å². The van der Waals surface area contributed by atoms with Gasteiger partial charge >= 0.3 is 0 Å². The Morgan fingerprint density at radius 3 is 1.56 bits per heavy atom. The van der Waals surface area contributed by atoms with Crippen LogP contribution in [0.25, 0.3) is 110 Å². The molecule has 0 atom stereocenters. The van der Waals surface area contributed by atoms with Crippen molar-refractivity contribution in [2.75, 3.05) is 0 Å². The lowest BCUT2D eigenvalue weighted by molar-refractivity contribution is 0.664. The molecular formula is C48H28O2. The van der Waals surface area contributed by atoms with Gasteiger partial charge in [0, 0.05) is 26.9 Å². The van der Waals surface area contributed by atoms with Crippen molar-refractivity contribution in [3.63, 3.8) is 0 Å². The summed E-state index contributed by atoms with van der Waals surface area (Å²) in [6, 6.07) is 60.8. The zero-order valence-corrected chi connectivity index (χ0v) is 27.0. The molecule has 2 heteroatoms. The van der Waals surface area contributed by atoms with Gasteiger partial charge in [0.2, 0.25) is 0 Å². The van der Waals surface area contributed by atoms with Crippen LogP contribution in [0.5, 0.6) is 0 Å². The monoisotopic (exact) mass is 636 g/mol. The Kier molecular flexibility index (Phi) is 5.70. The number of furan rings is 2. The average molecular weight is 637 g/mol. The number of benzene rings is 9. The highest BCUT2D eigenvalue weighted by atomic mass is 16.3. The lowest BCUT2D eigenvalue weighted by atomic mass is 9.85. The third-order valence-corrected chi connectivity index (χ3v) is 10.4. The van der Waals surface area contributed by atoms with Crippen molar-refractivity contribution in [2.45, 2.75) is 0 Å². The van der Waals surface area contributed by atoms with Gasteiger partial charge in [-0.05, 0) is 96.7 Å². The van der Waals surface area contributed by atoms with Crippen molar-refractivity contribution in [1.82, 2.24) is 0 Å². The predicted molar refractivity (Wildman–Crippen MR) is 210 cm³/mol. The second kappa shape index (κ2) is 10.4. The number of fused-ring (bicyclic) bond motifs is 11. The maximum absolute atomic E-state index is 6.57. The van der Waals surface area contributed by atoms with Crippen LogP contribution in [0.4, 0.5) is 0 Å². The van der Waals surface area contributed by atoms with Gasteiger partial charge in [-0.3, -0.25) is 0 Å². The lowest BCUT2D eigenvalue weighted by Gasteiger charge is -2.18. The Morgan fingerprint density at radius 2 is 0.820 bits per heavy atom. The van der Waals surface area contributed by atoms with E-state index >= 15 is 0 Å². The summed E-state index contributed by atoms with van der Waals surface area (Å²) in [6.07, 6.45) is 0. The van der Waals surface area contributed by atoms with Gasteiger partial charge in [-0.15, -0.1) is 0 Å². The molecule has 0 aliphatic carbocycles. The van der Waals surface area contributed by atoms with E-state index < -0.39 is 0 Å². The molecule has 0 fully saturated rings. The molecule has 2 aromatic heterocycles. The van der Waals surface area contributed by atoms with Crippen molar-refractivity contribution in [1.29, 1.82) is 0 Å². The molecule has 0 amide bonds. The van der Waals surface area contributed by atoms with Gasteiger partial charge in [-0.25, -0.2) is 0 Å². The quantitative estimate of drug-likeness (QED) is 0.180. The Balaban J connectivity index is 1.10. The second-order valence-electron chi connectivity index (χ2n) is 13.2. The first-order valence-corrected chi connectivity index (χ1v) is 17.1. The van der Waals surface area contributed by atoms with Crippen LogP contribution in [-0.4, -0.2) is 0 Å². The minimum Gasteiger partial charge on any atom is -0.456 e. The summed E-state index contributed by atoms with van der Waals surface area (Å²) in [5.74, 6) is 0. The van der Waals surface area contributed by atoms with Gasteiger partial charge in [-0.1, -0.05) is 133 Å². The van der Waals surface area contributed by atoms with Crippen molar-refractivity contribution in [3.05, 3.63) is 170 Å². The second-order valence-corrected chi connectivity index (χ2v) is 13.2. The zero-order chi connectivity index (χ0) is 32.8. The largest absolute Gasteiger partial charge is 0.456 e. The molecule has 2 nitrogen and oxygen atoms in total. The zero-order valence-electron chi connectivity index (χ0n) is 27.0. The highest BCUT2D eigenvalue weighted by Crippen LogP contribution is 2.45. The fraction of sp³-hybridized carbons (Fsp3) is 0. The SMILES string of the molecule is c1ccc(-c2c3ccccc3c(-c3cccc(-c4ccc5c(c4)oc4ccc6oc7c8ccccc8ccc7c6c45)c3)c3ccccc23)cc1. The van der Waals surface area contributed by atoms with Crippen LogP contribution >= 0.6 is 0 Å². The molecule has 0 aliphatic rings. The first-order chi connectivity index (χ1) is 24.8. The van der Waals surface area contributed by atoms with Crippen molar-refractivity contribution < 1.29 is 8.83 Å². The topological polar surface area (TPSA) is 26.3 Å². The Labute approximate surface area is 287 Å². The van der Waals surface area contributed by atoms with E-state index in [2.05, 4.69) is 158 Å². The molecule has 0 saturated carbocycles. The molecule has 0 bridgehead atoms. The first kappa shape index (κ1) is 27.3. The van der Waals surface area contributed by atoms with Crippen LogP contribution < -0.4 is 0 Å². The average Bonchev–Trinajstić information content (AvgIpc) is 3.75. The van der Waals surface area contributed by atoms with E-state index in [9.17, 15) is 0 Å². The van der Waals surface area contributed by atoms with Gasteiger partial charge in [0.1, 0.15) is 22.3 Å². The van der Waals surface area contributed by atoms with E-state index in [0.717, 1.165) is 60.4 Å². The highest BCUT2D eigenvalue weighted by Gasteiger charge is 2.19. The molecule has 9 aromatic carbocycles.